The minimum atomic E-state index is -1.11. The summed E-state index contributed by atoms with van der Waals surface area (Å²) in [5, 5.41) is 19.8. The summed E-state index contributed by atoms with van der Waals surface area (Å²) in [6.45, 7) is 2.85. The van der Waals surface area contributed by atoms with Gasteiger partial charge in [-0.15, -0.1) is 0 Å². The molecule has 1 aromatic carbocycles. The lowest BCUT2D eigenvalue weighted by molar-refractivity contribution is -0.385. The van der Waals surface area contributed by atoms with Crippen LogP contribution in [-0.4, -0.2) is 21.8 Å². The van der Waals surface area contributed by atoms with Gasteiger partial charge >= 0.3 is 5.97 Å². The summed E-state index contributed by atoms with van der Waals surface area (Å²) in [6, 6.07) is 4.07. The van der Waals surface area contributed by atoms with Crippen LogP contribution in [0.5, 0.6) is 0 Å². The molecule has 0 aliphatic rings. The number of carboxylic acids is 1. The number of hydrogen-bond donors (Lipinski definition) is 1. The molecule has 0 fully saturated rings. The third-order valence-electron chi connectivity index (χ3n) is 2.98. The first-order valence-corrected chi connectivity index (χ1v) is 6.26. The molecule has 0 spiro atoms. The van der Waals surface area contributed by atoms with Gasteiger partial charge < -0.3 is 5.11 Å². The third kappa shape index (κ3) is 3.37. The van der Waals surface area contributed by atoms with Crippen LogP contribution in [0, 0.1) is 22.0 Å². The highest BCUT2D eigenvalue weighted by Crippen LogP contribution is 2.27. The number of halogens is 1. The molecule has 1 N–H and O–H groups in total. The number of ketones is 1. The Morgan fingerprint density at radius 2 is 1.89 bits per heavy atom. The highest BCUT2D eigenvalue weighted by Gasteiger charge is 2.30. The van der Waals surface area contributed by atoms with Crippen molar-refractivity contribution in [1.82, 2.24) is 0 Å². The van der Waals surface area contributed by atoms with Crippen LogP contribution in [0.3, 0.4) is 0 Å². The fourth-order valence-corrected chi connectivity index (χ4v) is 1.90. The maximum Gasteiger partial charge on any atom is 0.306 e. The highest BCUT2D eigenvalue weighted by atomic mass is 79.9. The first kappa shape index (κ1) is 15.3. The van der Waals surface area contributed by atoms with Gasteiger partial charge in [-0.1, -0.05) is 29.8 Å². The van der Waals surface area contributed by atoms with Crippen LogP contribution in [0.25, 0.3) is 0 Å². The Morgan fingerprint density at radius 3 is 2.37 bits per heavy atom. The molecule has 2 unspecified atom stereocenters. The SMILES string of the molecule is CC(C(=O)O)C(C)C(=O)c1ccc(Br)cc1[N+](=O)[O-]. The van der Waals surface area contributed by atoms with Crippen LogP contribution >= 0.6 is 15.9 Å². The number of carbonyl (C=O) groups excluding carboxylic acids is 1. The molecule has 0 bridgehead atoms. The van der Waals surface area contributed by atoms with E-state index in [0.29, 0.717) is 4.47 Å². The van der Waals surface area contributed by atoms with Gasteiger partial charge in [0.1, 0.15) is 0 Å². The molecule has 1 aromatic rings. The number of carbonyl (C=O) groups is 2. The fourth-order valence-electron chi connectivity index (χ4n) is 1.55. The molecule has 2 atom stereocenters. The average Bonchev–Trinajstić information content (AvgIpc) is 2.35. The van der Waals surface area contributed by atoms with Gasteiger partial charge in [0.15, 0.2) is 5.78 Å². The van der Waals surface area contributed by atoms with Gasteiger partial charge in [0.2, 0.25) is 0 Å². The molecule has 0 saturated carbocycles. The van der Waals surface area contributed by atoms with Gasteiger partial charge in [0.05, 0.1) is 16.4 Å². The zero-order valence-corrected chi connectivity index (χ0v) is 11.9. The first-order chi connectivity index (χ1) is 8.75. The van der Waals surface area contributed by atoms with Gasteiger partial charge in [0.25, 0.3) is 5.69 Å². The molecule has 0 heterocycles. The highest BCUT2D eigenvalue weighted by molar-refractivity contribution is 9.10. The quantitative estimate of drug-likeness (QED) is 0.508. The molecular weight excluding hydrogens is 318 g/mol. The number of rotatable bonds is 5. The molecule has 0 aliphatic carbocycles. The number of aliphatic carboxylic acids is 1. The van der Waals surface area contributed by atoms with E-state index in [1.165, 1.54) is 32.0 Å². The fraction of sp³-hybridized carbons (Fsp3) is 0.333. The molecular formula is C12H12BrNO5. The average molecular weight is 330 g/mol. The second-order valence-corrected chi connectivity index (χ2v) is 5.11. The van der Waals surface area contributed by atoms with E-state index in [2.05, 4.69) is 15.9 Å². The van der Waals surface area contributed by atoms with Crippen molar-refractivity contribution in [3.05, 3.63) is 38.3 Å². The largest absolute Gasteiger partial charge is 0.481 e. The maximum atomic E-state index is 12.1. The van der Waals surface area contributed by atoms with Crippen molar-refractivity contribution in [1.29, 1.82) is 0 Å². The second-order valence-electron chi connectivity index (χ2n) is 4.20. The molecule has 102 valence electrons. The summed E-state index contributed by atoms with van der Waals surface area (Å²) in [5.74, 6) is -3.40. The zero-order valence-electron chi connectivity index (χ0n) is 10.3. The number of nitro benzene ring substituents is 1. The summed E-state index contributed by atoms with van der Waals surface area (Å²) in [6.07, 6.45) is 0. The molecule has 0 radical (unpaired) electrons. The molecule has 0 saturated heterocycles. The van der Waals surface area contributed by atoms with E-state index >= 15 is 0 Å². The predicted molar refractivity (Wildman–Crippen MR) is 71.1 cm³/mol. The standard InChI is InChI=1S/C12H12BrNO5/c1-6(7(2)12(16)17)11(15)9-4-3-8(13)5-10(9)14(18)19/h3-7H,1-2H3,(H,16,17). The molecule has 1 rings (SSSR count). The molecule has 6 nitrogen and oxygen atoms in total. The van der Waals surface area contributed by atoms with E-state index in [4.69, 9.17) is 5.11 Å². The zero-order chi connectivity index (χ0) is 14.7. The Labute approximate surface area is 117 Å². The van der Waals surface area contributed by atoms with Crippen molar-refractivity contribution in [2.24, 2.45) is 11.8 Å². The second kappa shape index (κ2) is 5.92. The smallest absolute Gasteiger partial charge is 0.306 e. The minimum absolute atomic E-state index is 0.0752. The van der Waals surface area contributed by atoms with Crippen molar-refractivity contribution < 1.29 is 19.6 Å². The van der Waals surface area contributed by atoms with E-state index in [1.807, 2.05) is 0 Å². The van der Waals surface area contributed by atoms with Crippen LogP contribution < -0.4 is 0 Å². The summed E-state index contributed by atoms with van der Waals surface area (Å²) in [5.41, 5.74) is -0.405. The Morgan fingerprint density at radius 1 is 1.32 bits per heavy atom. The van der Waals surface area contributed by atoms with Crippen molar-refractivity contribution in [3.8, 4) is 0 Å². The van der Waals surface area contributed by atoms with Gasteiger partial charge in [-0.3, -0.25) is 19.7 Å². The van der Waals surface area contributed by atoms with Crippen LogP contribution in [-0.2, 0) is 4.79 Å². The van der Waals surface area contributed by atoms with Crippen molar-refractivity contribution in [2.75, 3.05) is 0 Å². The Hall–Kier alpha value is -1.76. The van der Waals surface area contributed by atoms with E-state index in [9.17, 15) is 19.7 Å². The van der Waals surface area contributed by atoms with Crippen LogP contribution in [0.4, 0.5) is 5.69 Å². The van der Waals surface area contributed by atoms with Gasteiger partial charge in [-0.05, 0) is 12.1 Å². The maximum absolute atomic E-state index is 12.1. The van der Waals surface area contributed by atoms with Crippen LogP contribution in [0.2, 0.25) is 0 Å². The third-order valence-corrected chi connectivity index (χ3v) is 3.47. The van der Waals surface area contributed by atoms with E-state index in [1.54, 1.807) is 0 Å². The lowest BCUT2D eigenvalue weighted by atomic mass is 9.88. The van der Waals surface area contributed by atoms with Gasteiger partial charge in [0, 0.05) is 16.5 Å². The van der Waals surface area contributed by atoms with Crippen molar-refractivity contribution in [3.63, 3.8) is 0 Å². The number of nitro groups is 1. The van der Waals surface area contributed by atoms with Gasteiger partial charge in [-0.2, -0.15) is 0 Å². The van der Waals surface area contributed by atoms with Crippen LogP contribution in [0.15, 0.2) is 22.7 Å². The molecule has 7 heteroatoms. The number of benzene rings is 1. The summed E-state index contributed by atoms with van der Waals surface area (Å²) < 4.78 is 0.481. The van der Waals surface area contributed by atoms with Crippen molar-refractivity contribution >= 4 is 33.4 Å². The van der Waals surface area contributed by atoms with Gasteiger partial charge in [-0.25, -0.2) is 0 Å². The van der Waals surface area contributed by atoms with E-state index in [-0.39, 0.29) is 11.3 Å². The Bertz CT molecular complexity index is 543. The number of hydrogen-bond acceptors (Lipinski definition) is 4. The van der Waals surface area contributed by atoms with Crippen LogP contribution in [0.1, 0.15) is 24.2 Å². The summed E-state index contributed by atoms with van der Waals surface area (Å²) in [4.78, 5) is 33.3. The lowest BCUT2D eigenvalue weighted by Gasteiger charge is -2.14. The predicted octanol–water partition coefficient (Wildman–Crippen LogP) is 2.90. The summed E-state index contributed by atoms with van der Waals surface area (Å²) in [7, 11) is 0. The molecule has 0 aliphatic heterocycles. The molecule has 0 aromatic heterocycles. The van der Waals surface area contributed by atoms with Crippen molar-refractivity contribution in [2.45, 2.75) is 13.8 Å². The normalized spacial score (nSPS) is 13.6. The summed E-state index contributed by atoms with van der Waals surface area (Å²) >= 11 is 3.09. The number of Topliss-reactive ketones (excluding diaryl/α,β-unsaturated/α-hetero) is 1. The monoisotopic (exact) mass is 329 g/mol. The number of carboxylic acid groups (broad SMARTS) is 1. The molecule has 19 heavy (non-hydrogen) atoms. The molecule has 0 amide bonds. The number of nitrogens with zero attached hydrogens (tertiary/aromatic N) is 1. The minimum Gasteiger partial charge on any atom is -0.481 e. The van der Waals surface area contributed by atoms with E-state index in [0.717, 1.165) is 0 Å². The Balaban J connectivity index is 3.20. The first-order valence-electron chi connectivity index (χ1n) is 5.46. The lowest BCUT2D eigenvalue weighted by Crippen LogP contribution is -2.25. The van der Waals surface area contributed by atoms with E-state index < -0.39 is 28.5 Å². The Kier molecular flexibility index (Phi) is 4.77. The topological polar surface area (TPSA) is 97.5 Å².